The van der Waals surface area contributed by atoms with Crippen molar-refractivity contribution in [3.05, 3.63) is 93.5 Å². The summed E-state index contributed by atoms with van der Waals surface area (Å²) in [4.78, 5) is 36.9. The van der Waals surface area contributed by atoms with Crippen LogP contribution >= 0.6 is 15.9 Å². The third-order valence-electron chi connectivity index (χ3n) is 4.82. The molecule has 0 saturated heterocycles. The standard InChI is InChI=1S/C27H26BrN3O5/c1-3-13-35-23-10-7-19(8-11-23)27(34)36-24-12-9-22(28)15-21(24)16-30-31-25(32)17-29-26(33)20-6-4-5-18(2)14-20/h4-12,14-16H,3,13,17H2,1-2H3,(H,29,33)(H,31,32)/b30-16-. The van der Waals surface area contributed by atoms with Gasteiger partial charge in [0.2, 0.25) is 0 Å². The molecule has 0 radical (unpaired) electrons. The van der Waals surface area contributed by atoms with E-state index in [1.54, 1.807) is 60.7 Å². The number of hydrogen-bond donors (Lipinski definition) is 2. The lowest BCUT2D eigenvalue weighted by molar-refractivity contribution is -0.120. The first kappa shape index (κ1) is 26.6. The molecule has 0 unspecified atom stereocenters. The second-order valence-corrected chi connectivity index (χ2v) is 8.71. The van der Waals surface area contributed by atoms with Crippen molar-refractivity contribution in [3.63, 3.8) is 0 Å². The van der Waals surface area contributed by atoms with Crippen LogP contribution in [0.5, 0.6) is 11.5 Å². The predicted octanol–water partition coefficient (Wildman–Crippen LogP) is 4.65. The summed E-state index contributed by atoms with van der Waals surface area (Å²) < 4.78 is 11.8. The number of benzene rings is 3. The number of carbonyl (C=O) groups excluding carboxylic acids is 3. The summed E-state index contributed by atoms with van der Waals surface area (Å²) in [5.74, 6) is -0.469. The maximum Gasteiger partial charge on any atom is 0.343 e. The Hall–Kier alpha value is -3.98. The number of nitrogens with zero attached hydrogens (tertiary/aromatic N) is 1. The Kier molecular flexibility index (Phi) is 9.76. The van der Waals surface area contributed by atoms with Crippen molar-refractivity contribution in [1.82, 2.24) is 10.7 Å². The van der Waals surface area contributed by atoms with Crippen molar-refractivity contribution >= 4 is 39.9 Å². The SMILES string of the molecule is CCCOc1ccc(C(=O)Oc2ccc(Br)cc2/C=N\NC(=O)CNC(=O)c2cccc(C)c2)cc1. The number of hydrazone groups is 1. The van der Waals surface area contributed by atoms with Gasteiger partial charge in [0, 0.05) is 15.6 Å². The smallest absolute Gasteiger partial charge is 0.343 e. The van der Waals surface area contributed by atoms with Gasteiger partial charge in [0.25, 0.3) is 11.8 Å². The number of hydrogen-bond acceptors (Lipinski definition) is 6. The second kappa shape index (κ2) is 13.2. The van der Waals surface area contributed by atoms with E-state index >= 15 is 0 Å². The molecule has 9 heteroatoms. The minimum Gasteiger partial charge on any atom is -0.494 e. The van der Waals surface area contributed by atoms with E-state index in [-0.39, 0.29) is 18.2 Å². The zero-order chi connectivity index (χ0) is 25.9. The summed E-state index contributed by atoms with van der Waals surface area (Å²) in [6.07, 6.45) is 2.25. The Morgan fingerprint density at radius 2 is 1.78 bits per heavy atom. The van der Waals surface area contributed by atoms with Gasteiger partial charge in [-0.3, -0.25) is 9.59 Å². The summed E-state index contributed by atoms with van der Waals surface area (Å²) in [5, 5.41) is 6.47. The molecule has 0 aromatic heterocycles. The maximum absolute atomic E-state index is 12.6. The summed E-state index contributed by atoms with van der Waals surface area (Å²) in [6.45, 7) is 4.25. The van der Waals surface area contributed by atoms with Crippen LogP contribution in [0.1, 0.15) is 45.2 Å². The molecular weight excluding hydrogens is 526 g/mol. The van der Waals surface area contributed by atoms with E-state index in [2.05, 4.69) is 31.8 Å². The lowest BCUT2D eigenvalue weighted by Crippen LogP contribution is -2.34. The van der Waals surface area contributed by atoms with Crippen LogP contribution in [0.2, 0.25) is 0 Å². The molecule has 3 aromatic rings. The molecule has 3 rings (SSSR count). The van der Waals surface area contributed by atoms with Crippen molar-refractivity contribution in [2.24, 2.45) is 5.10 Å². The molecule has 8 nitrogen and oxygen atoms in total. The Bertz CT molecular complexity index is 1260. The summed E-state index contributed by atoms with van der Waals surface area (Å²) in [7, 11) is 0. The molecule has 0 fully saturated rings. The Morgan fingerprint density at radius 1 is 1.00 bits per heavy atom. The maximum atomic E-state index is 12.6. The number of aryl methyl sites for hydroxylation is 1. The Morgan fingerprint density at radius 3 is 2.50 bits per heavy atom. The van der Waals surface area contributed by atoms with Crippen LogP contribution in [0.25, 0.3) is 0 Å². The van der Waals surface area contributed by atoms with E-state index in [1.807, 2.05) is 19.9 Å². The van der Waals surface area contributed by atoms with Gasteiger partial charge in [-0.25, -0.2) is 10.2 Å². The van der Waals surface area contributed by atoms with Gasteiger partial charge in [0.15, 0.2) is 0 Å². The van der Waals surface area contributed by atoms with E-state index in [9.17, 15) is 14.4 Å². The molecule has 0 spiro atoms. The van der Waals surface area contributed by atoms with Crippen LogP contribution in [0.15, 0.2) is 76.3 Å². The number of esters is 1. The third kappa shape index (κ3) is 8.06. The highest BCUT2D eigenvalue weighted by Crippen LogP contribution is 2.23. The topological polar surface area (TPSA) is 106 Å². The van der Waals surface area contributed by atoms with E-state index in [4.69, 9.17) is 9.47 Å². The molecule has 0 aliphatic heterocycles. The zero-order valence-electron chi connectivity index (χ0n) is 19.9. The number of nitrogens with one attached hydrogen (secondary N) is 2. The Labute approximate surface area is 217 Å². The van der Waals surface area contributed by atoms with Gasteiger partial charge in [-0.1, -0.05) is 40.5 Å². The average Bonchev–Trinajstić information content (AvgIpc) is 2.87. The molecule has 2 N–H and O–H groups in total. The number of ether oxygens (including phenoxy) is 2. The highest BCUT2D eigenvalue weighted by molar-refractivity contribution is 9.10. The summed E-state index contributed by atoms with van der Waals surface area (Å²) in [5.41, 5.74) is 4.59. The molecule has 0 aliphatic carbocycles. The monoisotopic (exact) mass is 551 g/mol. The highest BCUT2D eigenvalue weighted by Gasteiger charge is 2.12. The number of carbonyl (C=O) groups is 3. The fourth-order valence-corrected chi connectivity index (χ4v) is 3.42. The van der Waals surface area contributed by atoms with Gasteiger partial charge in [-0.2, -0.15) is 5.10 Å². The van der Waals surface area contributed by atoms with Crippen LogP contribution in [-0.2, 0) is 4.79 Å². The lowest BCUT2D eigenvalue weighted by Gasteiger charge is -2.09. The van der Waals surface area contributed by atoms with Crippen molar-refractivity contribution in [3.8, 4) is 11.5 Å². The van der Waals surface area contributed by atoms with E-state index in [0.29, 0.717) is 29.0 Å². The van der Waals surface area contributed by atoms with Crippen molar-refractivity contribution in [2.75, 3.05) is 13.2 Å². The van der Waals surface area contributed by atoms with Gasteiger partial charge < -0.3 is 14.8 Å². The van der Waals surface area contributed by atoms with E-state index in [0.717, 1.165) is 16.5 Å². The highest BCUT2D eigenvalue weighted by atomic mass is 79.9. The van der Waals surface area contributed by atoms with Crippen LogP contribution in [0.3, 0.4) is 0 Å². The molecule has 2 amide bonds. The van der Waals surface area contributed by atoms with Gasteiger partial charge >= 0.3 is 5.97 Å². The minimum absolute atomic E-state index is 0.248. The first-order chi connectivity index (χ1) is 17.4. The van der Waals surface area contributed by atoms with Gasteiger partial charge in [0.05, 0.1) is 24.9 Å². The largest absolute Gasteiger partial charge is 0.494 e. The molecule has 186 valence electrons. The normalized spacial score (nSPS) is 10.6. The first-order valence-electron chi connectivity index (χ1n) is 11.3. The fourth-order valence-electron chi connectivity index (χ4n) is 3.04. The van der Waals surface area contributed by atoms with Crippen LogP contribution < -0.4 is 20.2 Å². The zero-order valence-corrected chi connectivity index (χ0v) is 21.5. The second-order valence-electron chi connectivity index (χ2n) is 7.79. The fraction of sp³-hybridized carbons (Fsp3) is 0.185. The minimum atomic E-state index is -0.545. The molecule has 0 bridgehead atoms. The number of rotatable bonds is 10. The quantitative estimate of drug-likeness (QED) is 0.165. The van der Waals surface area contributed by atoms with Crippen molar-refractivity contribution in [1.29, 1.82) is 0 Å². The van der Waals surface area contributed by atoms with Crippen LogP contribution in [0.4, 0.5) is 0 Å². The van der Waals surface area contributed by atoms with Crippen LogP contribution in [-0.4, -0.2) is 37.1 Å². The molecule has 3 aromatic carbocycles. The molecule has 0 atom stereocenters. The van der Waals surface area contributed by atoms with Crippen molar-refractivity contribution < 1.29 is 23.9 Å². The number of amides is 2. The first-order valence-corrected chi connectivity index (χ1v) is 12.1. The van der Waals surface area contributed by atoms with E-state index < -0.39 is 11.9 Å². The summed E-state index contributed by atoms with van der Waals surface area (Å²) in [6, 6.07) is 18.8. The van der Waals surface area contributed by atoms with Crippen LogP contribution in [0, 0.1) is 6.92 Å². The molecule has 0 aliphatic rings. The predicted molar refractivity (Wildman–Crippen MR) is 141 cm³/mol. The lowest BCUT2D eigenvalue weighted by atomic mass is 10.1. The molecule has 0 heterocycles. The average molecular weight is 552 g/mol. The Balaban J connectivity index is 1.58. The number of halogens is 1. The molecule has 0 saturated carbocycles. The van der Waals surface area contributed by atoms with Gasteiger partial charge in [0.1, 0.15) is 11.5 Å². The molecular formula is C27H26BrN3O5. The van der Waals surface area contributed by atoms with E-state index in [1.165, 1.54) is 6.21 Å². The third-order valence-corrected chi connectivity index (χ3v) is 5.31. The van der Waals surface area contributed by atoms with Gasteiger partial charge in [-0.15, -0.1) is 0 Å². The van der Waals surface area contributed by atoms with Gasteiger partial charge in [-0.05, 0) is 67.9 Å². The summed E-state index contributed by atoms with van der Waals surface area (Å²) >= 11 is 3.37. The molecule has 36 heavy (non-hydrogen) atoms. The van der Waals surface area contributed by atoms with Crippen molar-refractivity contribution in [2.45, 2.75) is 20.3 Å².